The molecule has 0 saturated carbocycles. The lowest BCUT2D eigenvalue weighted by atomic mass is 10.2. The summed E-state index contributed by atoms with van der Waals surface area (Å²) in [4.78, 5) is 17.1. The zero-order valence-corrected chi connectivity index (χ0v) is 15.7. The van der Waals surface area contributed by atoms with Gasteiger partial charge in [0.15, 0.2) is 0 Å². The normalized spacial score (nSPS) is 16.6. The molecular formula is C18H23BrN6. The molecule has 1 aliphatic rings. The molecule has 7 heteroatoms. The van der Waals surface area contributed by atoms with Gasteiger partial charge in [-0.15, -0.1) is 17.0 Å². The Morgan fingerprint density at radius 3 is 2.52 bits per heavy atom. The number of aromatic nitrogens is 3. The molecule has 3 heterocycles. The number of H-pyrrole nitrogens is 1. The molecule has 6 nitrogen and oxygen atoms in total. The van der Waals surface area contributed by atoms with Gasteiger partial charge in [-0.1, -0.05) is 18.2 Å². The average molecular weight is 403 g/mol. The van der Waals surface area contributed by atoms with Crippen LogP contribution >= 0.6 is 17.0 Å². The highest BCUT2D eigenvalue weighted by molar-refractivity contribution is 8.93. The second-order valence-electron chi connectivity index (χ2n) is 6.22. The first-order chi connectivity index (χ1) is 11.8. The molecule has 3 N–H and O–H groups in total. The molecule has 1 fully saturated rings. The van der Waals surface area contributed by atoms with E-state index in [1.807, 2.05) is 42.6 Å². The lowest BCUT2D eigenvalue weighted by Crippen LogP contribution is -2.48. The zero-order chi connectivity index (χ0) is 16.4. The third-order valence-corrected chi connectivity index (χ3v) is 4.56. The molecule has 25 heavy (non-hydrogen) atoms. The summed E-state index contributed by atoms with van der Waals surface area (Å²) in [6.45, 7) is 4.75. The standard InChI is InChI=1S/C18H22N6.BrH/c19-14(18-21-15-5-1-2-6-16(15)22-18)13-23-9-11-24(12-10-23)17-7-3-4-8-20-17;/h1-8,14H,9-13,19H2,(H,21,22);1H. The molecule has 0 spiro atoms. The van der Waals surface area contributed by atoms with Crippen LogP contribution in [0.3, 0.4) is 0 Å². The van der Waals surface area contributed by atoms with Gasteiger partial charge in [0.1, 0.15) is 11.6 Å². The fraction of sp³-hybridized carbons (Fsp3) is 0.333. The minimum absolute atomic E-state index is 0. The number of aromatic amines is 1. The van der Waals surface area contributed by atoms with E-state index in [1.54, 1.807) is 0 Å². The van der Waals surface area contributed by atoms with Crippen molar-refractivity contribution >= 4 is 33.8 Å². The molecule has 132 valence electrons. The molecule has 0 bridgehead atoms. The van der Waals surface area contributed by atoms with Crippen LogP contribution in [-0.2, 0) is 0 Å². The maximum atomic E-state index is 6.37. The number of piperazine rings is 1. The fourth-order valence-corrected chi connectivity index (χ4v) is 3.21. The summed E-state index contributed by atoms with van der Waals surface area (Å²) in [6.07, 6.45) is 1.85. The number of rotatable bonds is 4. The van der Waals surface area contributed by atoms with Gasteiger partial charge < -0.3 is 15.6 Å². The minimum Gasteiger partial charge on any atom is -0.354 e. The molecule has 1 atom stereocenters. The van der Waals surface area contributed by atoms with Crippen LogP contribution in [0, 0.1) is 0 Å². The predicted octanol–water partition coefficient (Wildman–Crippen LogP) is 2.36. The van der Waals surface area contributed by atoms with Gasteiger partial charge in [-0.3, -0.25) is 4.90 Å². The summed E-state index contributed by atoms with van der Waals surface area (Å²) in [5.41, 5.74) is 8.39. The number of hydrogen-bond acceptors (Lipinski definition) is 5. The highest BCUT2D eigenvalue weighted by Crippen LogP contribution is 2.17. The summed E-state index contributed by atoms with van der Waals surface area (Å²) in [7, 11) is 0. The van der Waals surface area contributed by atoms with Crippen molar-refractivity contribution in [3.05, 3.63) is 54.5 Å². The molecule has 4 rings (SSSR count). The number of benzene rings is 1. The molecule has 1 aromatic carbocycles. The fourth-order valence-electron chi connectivity index (χ4n) is 3.21. The molecule has 0 aliphatic carbocycles. The summed E-state index contributed by atoms with van der Waals surface area (Å²) in [5, 5.41) is 0. The number of imidazole rings is 1. The van der Waals surface area contributed by atoms with Gasteiger partial charge in [0.05, 0.1) is 17.1 Å². The van der Waals surface area contributed by atoms with Crippen molar-refractivity contribution in [3.8, 4) is 0 Å². The number of fused-ring (bicyclic) bond motifs is 1. The molecule has 1 aliphatic heterocycles. The Morgan fingerprint density at radius 1 is 1.04 bits per heavy atom. The lowest BCUT2D eigenvalue weighted by molar-refractivity contribution is 0.240. The van der Waals surface area contributed by atoms with Crippen LogP contribution in [0.2, 0.25) is 0 Å². The monoisotopic (exact) mass is 402 g/mol. The van der Waals surface area contributed by atoms with E-state index >= 15 is 0 Å². The summed E-state index contributed by atoms with van der Waals surface area (Å²) in [6, 6.07) is 14.0. The smallest absolute Gasteiger partial charge is 0.128 e. The van der Waals surface area contributed by atoms with Gasteiger partial charge in [0.2, 0.25) is 0 Å². The first-order valence-electron chi connectivity index (χ1n) is 8.38. The summed E-state index contributed by atoms with van der Waals surface area (Å²) in [5.74, 6) is 1.92. The van der Waals surface area contributed by atoms with Crippen LogP contribution in [0.5, 0.6) is 0 Å². The van der Waals surface area contributed by atoms with E-state index in [1.165, 1.54) is 0 Å². The maximum Gasteiger partial charge on any atom is 0.128 e. The Labute approximate surface area is 157 Å². The van der Waals surface area contributed by atoms with E-state index in [2.05, 4.69) is 30.8 Å². The van der Waals surface area contributed by atoms with Crippen molar-refractivity contribution in [1.29, 1.82) is 0 Å². The topological polar surface area (TPSA) is 74.1 Å². The van der Waals surface area contributed by atoms with Gasteiger partial charge in [-0.25, -0.2) is 9.97 Å². The van der Waals surface area contributed by atoms with Gasteiger partial charge in [-0.2, -0.15) is 0 Å². The van der Waals surface area contributed by atoms with E-state index in [0.29, 0.717) is 0 Å². The van der Waals surface area contributed by atoms with Crippen molar-refractivity contribution in [3.63, 3.8) is 0 Å². The molecule has 0 amide bonds. The Morgan fingerprint density at radius 2 is 1.80 bits per heavy atom. The van der Waals surface area contributed by atoms with E-state index < -0.39 is 0 Å². The highest BCUT2D eigenvalue weighted by atomic mass is 79.9. The first-order valence-corrected chi connectivity index (χ1v) is 8.38. The summed E-state index contributed by atoms with van der Waals surface area (Å²) < 4.78 is 0. The van der Waals surface area contributed by atoms with Crippen molar-refractivity contribution in [2.75, 3.05) is 37.6 Å². The van der Waals surface area contributed by atoms with Crippen LogP contribution in [0.25, 0.3) is 11.0 Å². The van der Waals surface area contributed by atoms with Crippen molar-refractivity contribution in [2.45, 2.75) is 6.04 Å². The maximum absolute atomic E-state index is 6.37. The van der Waals surface area contributed by atoms with Gasteiger partial charge in [0, 0.05) is 38.9 Å². The van der Waals surface area contributed by atoms with Gasteiger partial charge in [0.25, 0.3) is 0 Å². The third kappa shape index (κ3) is 4.00. The number of halogens is 1. The molecule has 1 unspecified atom stereocenters. The second-order valence-corrected chi connectivity index (χ2v) is 6.22. The average Bonchev–Trinajstić information content (AvgIpc) is 3.07. The number of nitrogens with zero attached hydrogens (tertiary/aromatic N) is 4. The van der Waals surface area contributed by atoms with Crippen molar-refractivity contribution < 1.29 is 0 Å². The molecule has 3 aromatic rings. The van der Waals surface area contributed by atoms with Crippen LogP contribution in [0.4, 0.5) is 5.82 Å². The van der Waals surface area contributed by atoms with Crippen LogP contribution < -0.4 is 10.6 Å². The van der Waals surface area contributed by atoms with E-state index in [4.69, 9.17) is 5.73 Å². The van der Waals surface area contributed by atoms with E-state index in [0.717, 1.165) is 55.4 Å². The zero-order valence-electron chi connectivity index (χ0n) is 14.0. The Hall–Kier alpha value is -1.96. The van der Waals surface area contributed by atoms with Crippen molar-refractivity contribution in [1.82, 2.24) is 19.9 Å². The van der Waals surface area contributed by atoms with E-state index in [9.17, 15) is 0 Å². The van der Waals surface area contributed by atoms with Crippen LogP contribution in [0.1, 0.15) is 11.9 Å². The Kier molecular flexibility index (Phi) is 5.67. The quantitative estimate of drug-likeness (QED) is 0.700. The van der Waals surface area contributed by atoms with E-state index in [-0.39, 0.29) is 23.0 Å². The van der Waals surface area contributed by atoms with Gasteiger partial charge in [-0.05, 0) is 24.3 Å². The first kappa shape index (κ1) is 17.8. The lowest BCUT2D eigenvalue weighted by Gasteiger charge is -2.36. The number of nitrogens with two attached hydrogens (primary N) is 1. The molecule has 2 aromatic heterocycles. The summed E-state index contributed by atoms with van der Waals surface area (Å²) >= 11 is 0. The highest BCUT2D eigenvalue weighted by Gasteiger charge is 2.21. The van der Waals surface area contributed by atoms with Crippen molar-refractivity contribution in [2.24, 2.45) is 5.73 Å². The van der Waals surface area contributed by atoms with Gasteiger partial charge >= 0.3 is 0 Å². The second kappa shape index (κ2) is 7.95. The molecule has 0 radical (unpaired) electrons. The predicted molar refractivity (Wildman–Crippen MR) is 106 cm³/mol. The van der Waals surface area contributed by atoms with Crippen LogP contribution in [-0.4, -0.2) is 52.6 Å². The van der Waals surface area contributed by atoms with Crippen LogP contribution in [0.15, 0.2) is 48.7 Å². The number of para-hydroxylation sites is 2. The molecular weight excluding hydrogens is 380 g/mol. The minimum atomic E-state index is -0.0983. The third-order valence-electron chi connectivity index (χ3n) is 4.56. The number of anilines is 1. The molecule has 1 saturated heterocycles. The number of nitrogens with one attached hydrogen (secondary N) is 1. The Balaban J connectivity index is 0.00000182. The largest absolute Gasteiger partial charge is 0.354 e. The number of pyridine rings is 1. The number of hydrogen-bond donors (Lipinski definition) is 2. The Bertz CT molecular complexity index is 764. The SMILES string of the molecule is Br.NC(CN1CCN(c2ccccn2)CC1)c1nc2ccccc2[nH]1.